The van der Waals surface area contributed by atoms with Crippen LogP contribution in [0.1, 0.15) is 136 Å². The van der Waals surface area contributed by atoms with Gasteiger partial charge in [-0.15, -0.1) is 0 Å². The van der Waals surface area contributed by atoms with E-state index in [0.29, 0.717) is 13.2 Å². The van der Waals surface area contributed by atoms with E-state index in [1.807, 2.05) is 0 Å². The molecule has 0 aromatic rings. The lowest BCUT2D eigenvalue weighted by atomic mass is 9.76. The Morgan fingerprint density at radius 1 is 0.571 bits per heavy atom. The Morgan fingerprint density at radius 3 is 1.31 bits per heavy atom. The molecule has 0 atom stereocenters. The van der Waals surface area contributed by atoms with Crippen LogP contribution in [0.4, 0.5) is 9.59 Å². The van der Waals surface area contributed by atoms with Crippen molar-refractivity contribution in [3.8, 4) is 0 Å². The molecule has 2 N–H and O–H groups in total. The number of hydrogen-bond donors (Lipinski definition) is 2. The molecule has 2 amide bonds. The van der Waals surface area contributed by atoms with Gasteiger partial charge in [0.05, 0.1) is 13.2 Å². The lowest BCUT2D eigenvalue weighted by Crippen LogP contribution is -2.39. The van der Waals surface area contributed by atoms with Crippen LogP contribution in [0.25, 0.3) is 0 Å². The lowest BCUT2D eigenvalue weighted by Gasteiger charge is -2.34. The van der Waals surface area contributed by atoms with Gasteiger partial charge >= 0.3 is 12.2 Å². The highest BCUT2D eigenvalue weighted by molar-refractivity contribution is 5.67. The van der Waals surface area contributed by atoms with Gasteiger partial charge in [0.25, 0.3) is 0 Å². The van der Waals surface area contributed by atoms with Crippen molar-refractivity contribution in [3.05, 3.63) is 0 Å². The predicted molar refractivity (Wildman–Crippen MR) is 143 cm³/mol. The van der Waals surface area contributed by atoms with E-state index in [-0.39, 0.29) is 24.3 Å². The molecule has 0 unspecified atom stereocenters. The smallest absolute Gasteiger partial charge is 0.407 e. The molecule has 6 nitrogen and oxygen atoms in total. The molecule has 2 aliphatic rings. The highest BCUT2D eigenvalue weighted by atomic mass is 16.6. The van der Waals surface area contributed by atoms with Crippen molar-refractivity contribution < 1.29 is 19.1 Å². The van der Waals surface area contributed by atoms with E-state index in [1.165, 1.54) is 70.6 Å². The van der Waals surface area contributed by atoms with Gasteiger partial charge < -0.3 is 20.1 Å². The summed E-state index contributed by atoms with van der Waals surface area (Å²) in [5.74, 6) is 1.55. The van der Waals surface area contributed by atoms with Gasteiger partial charge in [0.1, 0.15) is 0 Å². The van der Waals surface area contributed by atoms with Gasteiger partial charge in [-0.05, 0) is 82.5 Å². The Hall–Kier alpha value is -1.46. The Kier molecular flexibility index (Phi) is 16.0. The van der Waals surface area contributed by atoms with Crippen molar-refractivity contribution >= 4 is 12.2 Å². The third-order valence-electron chi connectivity index (χ3n) is 7.97. The number of alkyl carbamates (subject to hydrolysis) is 2. The minimum absolute atomic E-state index is 0.232. The first kappa shape index (κ1) is 29.8. The number of hydrogen-bond acceptors (Lipinski definition) is 4. The second kappa shape index (κ2) is 18.8. The van der Waals surface area contributed by atoms with Crippen LogP contribution in [-0.2, 0) is 9.47 Å². The number of unbranched alkanes of at least 4 members (excludes halogenated alkanes) is 8. The van der Waals surface area contributed by atoms with Crippen LogP contribution in [0.15, 0.2) is 0 Å². The third-order valence-corrected chi connectivity index (χ3v) is 7.97. The molecule has 0 aliphatic heterocycles. The molecule has 0 radical (unpaired) electrons. The summed E-state index contributed by atoms with van der Waals surface area (Å²) in [5.41, 5.74) is 0. The molecular weight excluding hydrogens is 440 g/mol. The monoisotopic (exact) mass is 494 g/mol. The van der Waals surface area contributed by atoms with Crippen LogP contribution >= 0.6 is 0 Å². The summed E-state index contributed by atoms with van der Waals surface area (Å²) in [6, 6.07) is 0.549. The quantitative estimate of drug-likeness (QED) is 0.214. The van der Waals surface area contributed by atoms with Gasteiger partial charge in [0.2, 0.25) is 0 Å². The number of carbonyl (C=O) groups excluding carboxylic acids is 2. The van der Waals surface area contributed by atoms with Crippen molar-refractivity contribution in [2.45, 2.75) is 148 Å². The molecule has 2 fully saturated rings. The third kappa shape index (κ3) is 14.0. The van der Waals surface area contributed by atoms with Crippen LogP contribution in [0.5, 0.6) is 0 Å². The Bertz CT molecular complexity index is 507. The summed E-state index contributed by atoms with van der Waals surface area (Å²) in [7, 11) is 0. The Labute approximate surface area is 215 Å². The van der Waals surface area contributed by atoms with Gasteiger partial charge in [-0.2, -0.15) is 0 Å². The number of ether oxygens (including phenoxy) is 2. The standard InChI is InChI=1S/C29H54N2O4/c1-3-5-7-9-11-21-34-28(32)30-26-17-13-24(14-18-26)23-25-15-19-27(20-16-25)31-29(33)35-22-12-10-8-6-4-2/h24-27H,3-23H2,1-2H3,(H,30,32)(H,31,33). The summed E-state index contributed by atoms with van der Waals surface area (Å²) in [4.78, 5) is 24.1. The largest absolute Gasteiger partial charge is 0.450 e. The summed E-state index contributed by atoms with van der Waals surface area (Å²) in [6.07, 6.45) is 21.6. The fraction of sp³-hybridized carbons (Fsp3) is 0.931. The summed E-state index contributed by atoms with van der Waals surface area (Å²) < 4.78 is 10.7. The van der Waals surface area contributed by atoms with E-state index in [0.717, 1.165) is 63.2 Å². The highest BCUT2D eigenvalue weighted by Crippen LogP contribution is 2.35. The Balaban J connectivity index is 1.48. The zero-order chi connectivity index (χ0) is 25.1. The Morgan fingerprint density at radius 2 is 0.943 bits per heavy atom. The second-order valence-electron chi connectivity index (χ2n) is 11.1. The second-order valence-corrected chi connectivity index (χ2v) is 11.1. The van der Waals surface area contributed by atoms with Crippen LogP contribution in [0.3, 0.4) is 0 Å². The average molecular weight is 495 g/mol. The van der Waals surface area contributed by atoms with Gasteiger partial charge in [-0.1, -0.05) is 65.2 Å². The first-order valence-electron chi connectivity index (χ1n) is 15.0. The zero-order valence-electron chi connectivity index (χ0n) is 22.8. The minimum Gasteiger partial charge on any atom is -0.450 e. The highest BCUT2D eigenvalue weighted by Gasteiger charge is 2.28. The molecule has 0 saturated heterocycles. The van der Waals surface area contributed by atoms with Crippen molar-refractivity contribution in [3.63, 3.8) is 0 Å². The fourth-order valence-electron chi connectivity index (χ4n) is 5.71. The van der Waals surface area contributed by atoms with E-state index in [9.17, 15) is 9.59 Å². The van der Waals surface area contributed by atoms with Crippen molar-refractivity contribution in [2.24, 2.45) is 11.8 Å². The minimum atomic E-state index is -0.232. The molecule has 35 heavy (non-hydrogen) atoms. The zero-order valence-corrected chi connectivity index (χ0v) is 22.8. The first-order chi connectivity index (χ1) is 17.1. The summed E-state index contributed by atoms with van der Waals surface area (Å²) in [6.45, 7) is 5.50. The lowest BCUT2D eigenvalue weighted by molar-refractivity contribution is 0.131. The molecule has 0 spiro atoms. The molecule has 6 heteroatoms. The van der Waals surface area contributed by atoms with Crippen molar-refractivity contribution in [1.29, 1.82) is 0 Å². The summed E-state index contributed by atoms with van der Waals surface area (Å²) in [5, 5.41) is 6.17. The number of rotatable bonds is 16. The average Bonchev–Trinajstić information content (AvgIpc) is 2.86. The van der Waals surface area contributed by atoms with Crippen LogP contribution in [0, 0.1) is 11.8 Å². The molecular formula is C29H54N2O4. The fourth-order valence-corrected chi connectivity index (χ4v) is 5.71. The molecule has 204 valence electrons. The van der Waals surface area contributed by atoms with E-state index >= 15 is 0 Å². The van der Waals surface area contributed by atoms with Gasteiger partial charge in [0, 0.05) is 12.1 Å². The molecule has 2 rings (SSSR count). The maximum absolute atomic E-state index is 12.0. The predicted octanol–water partition coefficient (Wildman–Crippen LogP) is 7.89. The van der Waals surface area contributed by atoms with Crippen LogP contribution < -0.4 is 10.6 Å². The molecule has 0 aromatic heterocycles. The van der Waals surface area contributed by atoms with E-state index < -0.39 is 0 Å². The van der Waals surface area contributed by atoms with Crippen molar-refractivity contribution in [1.82, 2.24) is 10.6 Å². The molecule has 0 bridgehead atoms. The topological polar surface area (TPSA) is 76.7 Å². The van der Waals surface area contributed by atoms with E-state index in [1.54, 1.807) is 0 Å². The molecule has 0 heterocycles. The number of nitrogens with one attached hydrogen (secondary N) is 2. The first-order valence-corrected chi connectivity index (χ1v) is 15.0. The van der Waals surface area contributed by atoms with E-state index in [4.69, 9.17) is 9.47 Å². The number of carbonyl (C=O) groups is 2. The molecule has 2 aliphatic carbocycles. The van der Waals surface area contributed by atoms with Crippen LogP contribution in [-0.4, -0.2) is 37.5 Å². The van der Waals surface area contributed by atoms with Gasteiger partial charge in [-0.3, -0.25) is 0 Å². The normalized spacial score (nSPS) is 24.5. The van der Waals surface area contributed by atoms with Gasteiger partial charge in [-0.25, -0.2) is 9.59 Å². The maximum Gasteiger partial charge on any atom is 0.407 e. The maximum atomic E-state index is 12.0. The van der Waals surface area contributed by atoms with E-state index in [2.05, 4.69) is 24.5 Å². The van der Waals surface area contributed by atoms with Crippen LogP contribution in [0.2, 0.25) is 0 Å². The summed E-state index contributed by atoms with van der Waals surface area (Å²) >= 11 is 0. The molecule has 0 aromatic carbocycles. The SMILES string of the molecule is CCCCCCCOC(=O)NC1CCC(CC2CCC(NC(=O)OCCCCCCC)CC2)CC1. The van der Waals surface area contributed by atoms with Crippen molar-refractivity contribution in [2.75, 3.05) is 13.2 Å². The number of amides is 2. The van der Waals surface area contributed by atoms with Gasteiger partial charge in [0.15, 0.2) is 0 Å². The molecule has 2 saturated carbocycles.